The van der Waals surface area contributed by atoms with Crippen LogP contribution in [0.15, 0.2) is 92.0 Å². The van der Waals surface area contributed by atoms with Gasteiger partial charge in [0, 0.05) is 32.3 Å². The van der Waals surface area contributed by atoms with Crippen LogP contribution in [0.1, 0.15) is 0 Å². The molecule has 8 nitrogen and oxygen atoms in total. The molecule has 0 unspecified atom stereocenters. The second-order valence-corrected chi connectivity index (χ2v) is 8.86. The molecule has 0 fully saturated rings. The summed E-state index contributed by atoms with van der Waals surface area (Å²) in [4.78, 5) is 53.6. The van der Waals surface area contributed by atoms with Crippen molar-refractivity contribution in [3.05, 3.63) is 114 Å². The summed E-state index contributed by atoms with van der Waals surface area (Å²) in [5.41, 5.74) is -0.0867. The summed E-state index contributed by atoms with van der Waals surface area (Å²) in [6.45, 7) is 0. The zero-order valence-electron chi connectivity index (χ0n) is 18.6. The molecule has 4 N–H and O–H groups in total. The Kier molecular flexibility index (Phi) is 3.73. The lowest BCUT2D eigenvalue weighted by atomic mass is 9.99. The molecule has 36 heavy (non-hydrogen) atoms. The molecule has 6 aromatic carbocycles. The van der Waals surface area contributed by atoms with Gasteiger partial charge in [-0.15, -0.1) is 0 Å². The molecule has 8 heteroatoms. The van der Waals surface area contributed by atoms with Crippen molar-refractivity contribution in [3.8, 4) is 0 Å². The molecular formula is C28H16N4O4. The number of nitrogen functional groups attached to an aromatic ring is 2. The van der Waals surface area contributed by atoms with Crippen LogP contribution in [0.5, 0.6) is 0 Å². The summed E-state index contributed by atoms with van der Waals surface area (Å²) in [6, 6.07) is 19.5. The molecule has 7 rings (SSSR count). The molecule has 0 spiro atoms. The van der Waals surface area contributed by atoms with E-state index in [1.54, 1.807) is 72.8 Å². The Morgan fingerprint density at radius 2 is 0.750 bits per heavy atom. The van der Waals surface area contributed by atoms with Crippen LogP contribution in [-0.4, -0.2) is 9.35 Å². The molecule has 0 amide bonds. The van der Waals surface area contributed by atoms with Crippen LogP contribution in [0.25, 0.3) is 65.2 Å². The van der Waals surface area contributed by atoms with E-state index in [9.17, 15) is 19.2 Å². The second kappa shape index (κ2) is 6.67. The number of fused-ring (bicyclic) bond motifs is 8. The average molecular weight is 472 g/mol. The maximum absolute atomic E-state index is 13.6. The fourth-order valence-corrected chi connectivity index (χ4v) is 5.43. The van der Waals surface area contributed by atoms with Crippen molar-refractivity contribution in [1.29, 1.82) is 0 Å². The topological polar surface area (TPSA) is 130 Å². The highest BCUT2D eigenvalue weighted by Gasteiger charge is 2.21. The highest BCUT2D eigenvalue weighted by molar-refractivity contribution is 6.15. The molecule has 0 aliphatic rings. The fourth-order valence-electron chi connectivity index (χ4n) is 5.43. The molecule has 0 saturated heterocycles. The van der Waals surface area contributed by atoms with Gasteiger partial charge in [0.25, 0.3) is 0 Å². The van der Waals surface area contributed by atoms with Gasteiger partial charge in [0.2, 0.25) is 0 Å². The molecule has 1 heterocycles. The monoisotopic (exact) mass is 472 g/mol. The smallest absolute Gasteiger partial charge is 0.196 e. The van der Waals surface area contributed by atoms with Crippen LogP contribution >= 0.6 is 0 Å². The van der Waals surface area contributed by atoms with Crippen molar-refractivity contribution in [2.45, 2.75) is 0 Å². The van der Waals surface area contributed by atoms with E-state index in [4.69, 9.17) is 11.7 Å². The van der Waals surface area contributed by atoms with Crippen molar-refractivity contribution in [2.75, 3.05) is 11.7 Å². The predicted molar refractivity (Wildman–Crippen MR) is 144 cm³/mol. The van der Waals surface area contributed by atoms with Crippen LogP contribution in [0.2, 0.25) is 0 Å². The fraction of sp³-hybridized carbons (Fsp3) is 0. The average Bonchev–Trinajstić information content (AvgIpc) is 2.92. The first kappa shape index (κ1) is 20.2. The number of nitrogens with two attached hydrogens (primary N) is 2. The number of rotatable bonds is 0. The van der Waals surface area contributed by atoms with Gasteiger partial charge in [-0.05, 0) is 24.3 Å². The van der Waals surface area contributed by atoms with Gasteiger partial charge in [-0.1, -0.05) is 48.5 Å². The summed E-state index contributed by atoms with van der Waals surface area (Å²) < 4.78 is 2.54. The largest absolute Gasteiger partial charge is 0.338 e. The number of hydrogen-bond acceptors (Lipinski definition) is 6. The van der Waals surface area contributed by atoms with E-state index in [1.165, 1.54) is 9.35 Å². The lowest BCUT2D eigenvalue weighted by Gasteiger charge is -2.18. The van der Waals surface area contributed by atoms with E-state index >= 15 is 0 Å². The second-order valence-electron chi connectivity index (χ2n) is 8.86. The zero-order chi connectivity index (χ0) is 24.9. The molecule has 0 saturated carbocycles. The number of nitrogens with zero attached hydrogens (tertiary/aromatic N) is 2. The molecule has 172 valence electrons. The van der Waals surface area contributed by atoms with Gasteiger partial charge in [-0.2, -0.15) is 0 Å². The highest BCUT2D eigenvalue weighted by atomic mass is 16.1. The van der Waals surface area contributed by atoms with Crippen LogP contribution in [0.4, 0.5) is 0 Å². The van der Waals surface area contributed by atoms with E-state index in [1.807, 2.05) is 0 Å². The Morgan fingerprint density at radius 1 is 0.417 bits per heavy atom. The summed E-state index contributed by atoms with van der Waals surface area (Å²) in [5.74, 6) is 13.1. The van der Waals surface area contributed by atoms with Gasteiger partial charge in [0.15, 0.2) is 21.7 Å². The van der Waals surface area contributed by atoms with Crippen LogP contribution < -0.4 is 33.4 Å². The first-order valence-electron chi connectivity index (χ1n) is 11.2. The minimum atomic E-state index is -0.345. The Labute approximate surface area is 200 Å². The summed E-state index contributed by atoms with van der Waals surface area (Å²) >= 11 is 0. The van der Waals surface area contributed by atoms with Gasteiger partial charge < -0.3 is 11.7 Å². The first-order chi connectivity index (χ1) is 17.4. The number of aromatic nitrogens is 2. The lowest BCUT2D eigenvalue weighted by molar-refractivity contribution is 1.04. The Bertz CT molecular complexity index is 2200. The number of benzene rings is 6. The number of hydrogen-bond donors (Lipinski definition) is 2. The predicted octanol–water partition coefficient (Wildman–Crippen LogP) is 2.52. The Balaban J connectivity index is 1.80. The van der Waals surface area contributed by atoms with E-state index < -0.39 is 0 Å². The molecule has 1 aromatic heterocycles. The molecular weight excluding hydrogens is 456 g/mol. The third-order valence-corrected chi connectivity index (χ3v) is 7.09. The maximum atomic E-state index is 13.6. The Hall–Kier alpha value is -5.24. The SMILES string of the molecule is Nn1c2ccc3c(=O)c4ccccc4c(=O)c3c2n(N)c2ccc3c(=O)c4ccccc4c(=O)c3c21. The van der Waals surface area contributed by atoms with Crippen LogP contribution in [0.3, 0.4) is 0 Å². The van der Waals surface area contributed by atoms with Gasteiger partial charge in [-0.3, -0.25) is 28.5 Å². The lowest BCUT2D eigenvalue weighted by Crippen LogP contribution is -2.24. The van der Waals surface area contributed by atoms with Gasteiger partial charge in [0.05, 0.1) is 21.8 Å². The third kappa shape index (κ3) is 2.27. The van der Waals surface area contributed by atoms with E-state index in [0.717, 1.165) is 0 Å². The van der Waals surface area contributed by atoms with Crippen LogP contribution in [-0.2, 0) is 0 Å². The standard InChI is InChI=1S/C28H16N4O4/c29-31-20-12-10-18-22(28(36)16-8-4-2-6-14(16)26(18)34)24(20)32(30)19-11-9-17-21(23(19)31)27(35)15-7-3-1-5-13(15)25(17)33/h1-12H,29-30H2. The molecule has 0 bridgehead atoms. The van der Waals surface area contributed by atoms with Crippen molar-refractivity contribution in [3.63, 3.8) is 0 Å². The van der Waals surface area contributed by atoms with Crippen molar-refractivity contribution < 1.29 is 0 Å². The summed E-state index contributed by atoms with van der Waals surface area (Å²) in [5, 5.41) is 1.97. The van der Waals surface area contributed by atoms with E-state index in [-0.39, 0.29) is 65.1 Å². The van der Waals surface area contributed by atoms with Crippen molar-refractivity contribution in [1.82, 2.24) is 9.35 Å². The molecule has 0 aliphatic carbocycles. The zero-order valence-corrected chi connectivity index (χ0v) is 18.6. The first-order valence-corrected chi connectivity index (χ1v) is 11.2. The maximum Gasteiger partial charge on any atom is 0.196 e. The van der Waals surface area contributed by atoms with Crippen LogP contribution in [0, 0.1) is 0 Å². The third-order valence-electron chi connectivity index (χ3n) is 7.09. The molecule has 0 radical (unpaired) electrons. The van der Waals surface area contributed by atoms with E-state index in [2.05, 4.69) is 0 Å². The quantitative estimate of drug-likeness (QED) is 0.198. The van der Waals surface area contributed by atoms with Gasteiger partial charge >= 0.3 is 0 Å². The van der Waals surface area contributed by atoms with E-state index in [0.29, 0.717) is 21.8 Å². The summed E-state index contributed by atoms with van der Waals surface area (Å²) in [6.07, 6.45) is 0. The normalized spacial score (nSPS) is 12.0. The molecule has 0 atom stereocenters. The molecule has 0 aliphatic heterocycles. The molecule has 7 aromatic rings. The van der Waals surface area contributed by atoms with Gasteiger partial charge in [0.1, 0.15) is 11.0 Å². The Morgan fingerprint density at radius 3 is 1.11 bits per heavy atom. The minimum absolute atomic E-state index is 0.144. The van der Waals surface area contributed by atoms with Gasteiger partial charge in [-0.25, -0.2) is 0 Å². The highest BCUT2D eigenvalue weighted by Crippen LogP contribution is 2.29. The van der Waals surface area contributed by atoms with Crippen molar-refractivity contribution >= 4 is 65.2 Å². The van der Waals surface area contributed by atoms with Crippen molar-refractivity contribution in [2.24, 2.45) is 0 Å². The minimum Gasteiger partial charge on any atom is -0.338 e. The summed E-state index contributed by atoms with van der Waals surface area (Å²) in [7, 11) is 0.